The number of carbonyl (C=O) groups is 2. The van der Waals surface area contributed by atoms with Crippen molar-refractivity contribution in [3.05, 3.63) is 72.8 Å². The standard InChI is InChI=1S/C39H50IN7O6S/c1-8-27(35-37(43-7)40(6)12-11-26(20-41)17-33(40)44-35)21-46-25(2)54-32-19-30(9-10-31(32)46)53-16-15-51-13-14-52-24-34(42)45-36(39(3,4)5)38(50)47-22-29(49)18-28(47)23-48/h9-12,17,19,21,23,28-29,36,43,49H,2,6,8,13-16,18,22,24H2,1,3-5,7H3,(H2,42,45)/b27-21+/t28-,29+,36+/m0/s1. The van der Waals surface area contributed by atoms with Gasteiger partial charge in [-0.1, -0.05) is 20.8 Å². The predicted octanol–water partition coefficient (Wildman–Crippen LogP) is 4.96. The molecule has 0 aliphatic carbocycles. The van der Waals surface area contributed by atoms with Crippen LogP contribution in [0.1, 0.15) is 40.5 Å². The van der Waals surface area contributed by atoms with Gasteiger partial charge in [0.1, 0.15) is 24.8 Å². The Bertz CT molecular complexity index is 1940. The minimum absolute atomic E-state index is 0.0166. The number of aliphatic imine (C=N–C) groups is 2. The van der Waals surface area contributed by atoms with Crippen LogP contribution in [0.3, 0.4) is 0 Å². The number of ether oxygens (including phenoxy) is 3. The quantitative estimate of drug-likeness (QED) is 0.0512. The molecule has 1 fully saturated rings. The SMILES string of the molecule is C=C1Sc2cc(OCCOCCOCC(N)=N[C@H](C(=O)N3C[C@H](O)C[C@H]3C=O)C(C)(C)C)ccc2N1/C=C(\CC)C1=C(NC)I2(=C)C=CC(C#N)=CC2=N1. The third kappa shape index (κ3) is 9.06. The monoisotopic (exact) mass is 871 g/mol. The van der Waals surface area contributed by atoms with Crippen molar-refractivity contribution >= 4 is 61.7 Å². The van der Waals surface area contributed by atoms with E-state index >= 15 is 0 Å². The van der Waals surface area contributed by atoms with Crippen LogP contribution in [0.4, 0.5) is 5.69 Å². The van der Waals surface area contributed by atoms with Crippen LogP contribution in [-0.2, 0) is 19.1 Å². The topological polar surface area (TPSA) is 175 Å². The number of aliphatic hydroxyl groups is 1. The van der Waals surface area contributed by atoms with Crippen LogP contribution in [0.5, 0.6) is 5.75 Å². The number of aliphatic hydroxyl groups excluding tert-OH is 1. The summed E-state index contributed by atoms with van der Waals surface area (Å²) in [5.41, 5.74) is 9.11. The molecule has 1 aromatic carbocycles. The number of amides is 1. The summed E-state index contributed by atoms with van der Waals surface area (Å²) in [7, 11) is 1.91. The number of benzene rings is 1. The molecule has 4 N–H and O–H groups in total. The molecule has 1 aromatic rings. The van der Waals surface area contributed by atoms with E-state index in [1.165, 1.54) is 4.90 Å². The fraction of sp³-hybridized carbons (Fsp3) is 0.436. The number of hydrogen-bond donors (Lipinski definition) is 3. The summed E-state index contributed by atoms with van der Waals surface area (Å²) in [6.07, 6.45) is 6.76. The van der Waals surface area contributed by atoms with E-state index in [2.05, 4.69) is 49.6 Å². The van der Waals surface area contributed by atoms with Crippen molar-refractivity contribution in [1.82, 2.24) is 10.2 Å². The van der Waals surface area contributed by atoms with Crippen molar-refractivity contribution in [2.45, 2.75) is 63.6 Å². The van der Waals surface area contributed by atoms with Crippen LogP contribution in [0.15, 0.2) is 87.7 Å². The van der Waals surface area contributed by atoms with Gasteiger partial charge in [-0.3, -0.25) is 9.79 Å². The summed E-state index contributed by atoms with van der Waals surface area (Å²) in [5, 5.41) is 23.7. The van der Waals surface area contributed by atoms with Gasteiger partial charge in [0.25, 0.3) is 0 Å². The third-order valence-corrected chi connectivity index (χ3v) is 17.1. The van der Waals surface area contributed by atoms with Gasteiger partial charge < -0.3 is 30.0 Å². The number of likely N-dealkylation sites (tertiary alicyclic amines) is 1. The molecule has 4 aliphatic rings. The minimum atomic E-state index is -2.95. The molecule has 4 atom stereocenters. The molecule has 0 saturated carbocycles. The van der Waals surface area contributed by atoms with E-state index in [9.17, 15) is 20.0 Å². The van der Waals surface area contributed by atoms with Gasteiger partial charge in [0.05, 0.1) is 25.4 Å². The predicted molar refractivity (Wildman–Crippen MR) is 224 cm³/mol. The number of amidine groups is 1. The maximum absolute atomic E-state index is 13.3. The van der Waals surface area contributed by atoms with Crippen LogP contribution in [0.2, 0.25) is 0 Å². The first-order valence-electron chi connectivity index (χ1n) is 17.7. The molecule has 1 saturated heterocycles. The Balaban J connectivity index is 1.10. The molecule has 15 heteroatoms. The van der Waals surface area contributed by atoms with Crippen LogP contribution >= 0.6 is 29.7 Å². The van der Waals surface area contributed by atoms with E-state index in [1.807, 2.05) is 58.2 Å². The molecule has 5 rings (SSSR count). The molecule has 290 valence electrons. The van der Waals surface area contributed by atoms with Gasteiger partial charge >= 0.3 is 192 Å². The van der Waals surface area contributed by atoms with Crippen molar-refractivity contribution < 1.29 is 28.9 Å². The first-order valence-corrected chi connectivity index (χ1v) is 23.4. The van der Waals surface area contributed by atoms with Gasteiger partial charge in [-0.2, -0.15) is 0 Å². The maximum atomic E-state index is 13.3. The van der Waals surface area contributed by atoms with Crippen LogP contribution in [0, 0.1) is 16.7 Å². The van der Waals surface area contributed by atoms with Gasteiger partial charge in [0.15, 0.2) is 0 Å². The zero-order valence-electron chi connectivity index (χ0n) is 31.5. The number of hydrogen-bond acceptors (Lipinski definition) is 12. The Morgan fingerprint density at radius 1 is 1.30 bits per heavy atom. The first kappa shape index (κ1) is 41.1. The Labute approximate surface area is 325 Å². The Morgan fingerprint density at radius 2 is 2.04 bits per heavy atom. The number of rotatable bonds is 16. The summed E-state index contributed by atoms with van der Waals surface area (Å²) in [6, 6.07) is 6.67. The first-order chi connectivity index (χ1) is 25.7. The number of allylic oxidation sites excluding steroid dienone is 4. The zero-order chi connectivity index (χ0) is 39.2. The van der Waals surface area contributed by atoms with Gasteiger partial charge in [-0.05, 0) is 5.41 Å². The molecular weight excluding hydrogens is 821 g/mol. The zero-order valence-corrected chi connectivity index (χ0v) is 34.5. The molecule has 4 aliphatic heterocycles. The van der Waals surface area contributed by atoms with Crippen molar-refractivity contribution in [3.63, 3.8) is 0 Å². The number of nitrogens with one attached hydrogen (secondary N) is 1. The summed E-state index contributed by atoms with van der Waals surface area (Å²) < 4.78 is 26.0. The molecule has 0 bridgehead atoms. The molecule has 0 aromatic heterocycles. The van der Waals surface area contributed by atoms with E-state index in [4.69, 9.17) is 24.9 Å². The molecule has 0 spiro atoms. The Kier molecular flexibility index (Phi) is 13.4. The summed E-state index contributed by atoms with van der Waals surface area (Å²) >= 11 is -1.38. The van der Waals surface area contributed by atoms with Crippen LogP contribution < -0.4 is 20.7 Å². The number of aldehydes is 1. The molecule has 4 heterocycles. The van der Waals surface area contributed by atoms with E-state index in [1.54, 1.807) is 11.8 Å². The number of nitriles is 1. The summed E-state index contributed by atoms with van der Waals surface area (Å²) in [4.78, 5) is 38.7. The van der Waals surface area contributed by atoms with Crippen LogP contribution in [-0.4, -0.2) is 101 Å². The van der Waals surface area contributed by atoms with Crippen molar-refractivity contribution in [2.75, 3.05) is 51.5 Å². The van der Waals surface area contributed by atoms with Crippen LogP contribution in [0.25, 0.3) is 0 Å². The fourth-order valence-electron chi connectivity index (χ4n) is 6.28. The third-order valence-electron chi connectivity index (χ3n) is 9.08. The molecule has 54 heavy (non-hydrogen) atoms. The number of nitrogens with two attached hydrogens (primary N) is 1. The molecule has 1 unspecified atom stereocenters. The summed E-state index contributed by atoms with van der Waals surface area (Å²) in [6.45, 7) is 13.4. The molecule has 1 amide bonds. The van der Waals surface area contributed by atoms with Gasteiger partial charge in [-0.15, -0.1) is 0 Å². The summed E-state index contributed by atoms with van der Waals surface area (Å²) in [5.74, 6) is 0.537. The van der Waals surface area contributed by atoms with E-state index in [-0.39, 0.29) is 37.9 Å². The normalized spacial score (nSPS) is 24.4. The number of halogens is 1. The number of anilines is 1. The Hall–Kier alpha value is -4.08. The number of fused-ring (bicyclic) bond motifs is 2. The average molecular weight is 872 g/mol. The van der Waals surface area contributed by atoms with E-state index < -0.39 is 41.6 Å². The van der Waals surface area contributed by atoms with E-state index in [0.717, 1.165) is 46.5 Å². The van der Waals surface area contributed by atoms with Gasteiger partial charge in [0, 0.05) is 13.0 Å². The van der Waals surface area contributed by atoms with Crippen molar-refractivity contribution in [2.24, 2.45) is 21.1 Å². The average Bonchev–Trinajstić information content (AvgIpc) is 3.77. The van der Waals surface area contributed by atoms with Gasteiger partial charge in [0.2, 0.25) is 5.91 Å². The number of nitrogens with zero attached hydrogens (tertiary/aromatic N) is 5. The van der Waals surface area contributed by atoms with Crippen molar-refractivity contribution in [1.29, 1.82) is 5.26 Å². The second-order valence-electron chi connectivity index (χ2n) is 14.1. The number of thioether (sulfide) groups is 1. The number of carbonyl (C=O) groups excluding carboxylic acids is 2. The number of β-amino-alcohol motifs (C(OH)–C–C–N with tert-alkyl or cyclic N) is 1. The fourth-order valence-corrected chi connectivity index (χ4v) is 13.4. The molecule has 13 nitrogen and oxygen atoms in total. The Morgan fingerprint density at radius 3 is 2.72 bits per heavy atom. The van der Waals surface area contributed by atoms with Crippen molar-refractivity contribution in [3.8, 4) is 11.8 Å². The molecule has 0 radical (unpaired) electrons. The molecular formula is C39H50IN7O6S. The van der Waals surface area contributed by atoms with Gasteiger partial charge in [-0.25, -0.2) is 0 Å². The van der Waals surface area contributed by atoms with E-state index in [0.29, 0.717) is 31.7 Å². The second kappa shape index (κ2) is 17.6. The second-order valence-corrected chi connectivity index (χ2v) is 22.3.